The van der Waals surface area contributed by atoms with E-state index >= 15 is 0 Å². The fourth-order valence-electron chi connectivity index (χ4n) is 1.48. The van der Waals surface area contributed by atoms with E-state index in [0.29, 0.717) is 0 Å². The van der Waals surface area contributed by atoms with Gasteiger partial charge in [-0.1, -0.05) is 0 Å². The number of hydrogen-bond acceptors (Lipinski definition) is 3. The van der Waals surface area contributed by atoms with Gasteiger partial charge in [-0.25, -0.2) is 0 Å². The summed E-state index contributed by atoms with van der Waals surface area (Å²) in [5, 5.41) is 9.12. The van der Waals surface area contributed by atoms with Crippen LogP contribution in [0.15, 0.2) is 24.3 Å². The quantitative estimate of drug-likeness (QED) is 0.753. The molecule has 2 rings (SSSR count). The van der Waals surface area contributed by atoms with Crippen LogP contribution in [0.1, 0.15) is 12.8 Å². The van der Waals surface area contributed by atoms with Gasteiger partial charge in [-0.3, -0.25) is 4.79 Å². The highest BCUT2D eigenvalue weighted by Crippen LogP contribution is 2.35. The van der Waals surface area contributed by atoms with Crippen molar-refractivity contribution in [2.75, 3.05) is 11.9 Å². The third-order valence-electron chi connectivity index (χ3n) is 2.76. The average molecular weight is 206 g/mol. The number of benzene rings is 1. The Labute approximate surface area is 88.3 Å². The highest BCUT2D eigenvalue weighted by molar-refractivity contribution is 6.01. The van der Waals surface area contributed by atoms with E-state index in [9.17, 15) is 4.79 Å². The molecular weight excluding hydrogens is 192 g/mol. The summed E-state index contributed by atoms with van der Waals surface area (Å²) in [6.07, 6.45) is 1.52. The Bertz CT molecular complexity index is 382. The van der Waals surface area contributed by atoms with Gasteiger partial charge in [0.25, 0.3) is 0 Å². The molecule has 1 aromatic rings. The normalized spacial score (nSPS) is 17.2. The number of phenols is 1. The van der Waals surface area contributed by atoms with Crippen molar-refractivity contribution in [2.45, 2.75) is 18.4 Å². The van der Waals surface area contributed by atoms with Crippen LogP contribution >= 0.6 is 0 Å². The van der Waals surface area contributed by atoms with Gasteiger partial charge in [-0.2, -0.15) is 0 Å². The van der Waals surface area contributed by atoms with Crippen LogP contribution in [0.4, 0.5) is 5.69 Å². The number of carbonyl (C=O) groups excluding carboxylic acids is 1. The van der Waals surface area contributed by atoms with Gasteiger partial charge < -0.3 is 15.7 Å². The molecule has 0 spiro atoms. The molecule has 1 aliphatic carbocycles. The Morgan fingerprint density at radius 1 is 1.40 bits per heavy atom. The van der Waals surface area contributed by atoms with Gasteiger partial charge in [-0.05, 0) is 37.1 Å². The van der Waals surface area contributed by atoms with Gasteiger partial charge >= 0.3 is 0 Å². The van der Waals surface area contributed by atoms with Crippen molar-refractivity contribution in [1.29, 1.82) is 0 Å². The summed E-state index contributed by atoms with van der Waals surface area (Å²) in [6, 6.07) is 6.49. The van der Waals surface area contributed by atoms with Crippen molar-refractivity contribution in [3.8, 4) is 5.75 Å². The summed E-state index contributed by atoms with van der Waals surface area (Å²) >= 11 is 0. The third kappa shape index (κ3) is 1.80. The number of anilines is 1. The molecule has 1 amide bonds. The monoisotopic (exact) mass is 206 g/mol. The first-order chi connectivity index (χ1) is 7.03. The molecule has 15 heavy (non-hydrogen) atoms. The van der Waals surface area contributed by atoms with E-state index in [4.69, 9.17) is 10.8 Å². The predicted molar refractivity (Wildman–Crippen MR) is 57.7 cm³/mol. The van der Waals surface area contributed by atoms with Crippen LogP contribution in [0, 0.1) is 0 Å². The van der Waals surface area contributed by atoms with Crippen molar-refractivity contribution >= 4 is 11.6 Å². The van der Waals surface area contributed by atoms with E-state index in [1.165, 1.54) is 4.90 Å². The first-order valence-electron chi connectivity index (χ1n) is 4.89. The van der Waals surface area contributed by atoms with Crippen LogP contribution in [-0.4, -0.2) is 23.6 Å². The van der Waals surface area contributed by atoms with Gasteiger partial charge in [0.2, 0.25) is 5.91 Å². The molecule has 1 saturated carbocycles. The maximum atomic E-state index is 11.9. The van der Waals surface area contributed by atoms with Gasteiger partial charge in [0.05, 0.1) is 5.54 Å². The number of nitrogens with two attached hydrogens (primary N) is 1. The second-order valence-electron chi connectivity index (χ2n) is 4.04. The predicted octanol–water partition coefficient (Wildman–Crippen LogP) is 0.846. The molecule has 4 heteroatoms. The molecule has 0 atom stereocenters. The summed E-state index contributed by atoms with van der Waals surface area (Å²) in [5.74, 6) is 0.127. The zero-order chi connectivity index (χ0) is 11.1. The van der Waals surface area contributed by atoms with Crippen molar-refractivity contribution in [2.24, 2.45) is 5.73 Å². The summed E-state index contributed by atoms with van der Waals surface area (Å²) in [5.41, 5.74) is 5.92. The maximum Gasteiger partial charge on any atom is 0.246 e. The summed E-state index contributed by atoms with van der Waals surface area (Å²) < 4.78 is 0. The molecule has 0 radical (unpaired) electrons. The second kappa shape index (κ2) is 3.24. The Balaban J connectivity index is 2.17. The minimum Gasteiger partial charge on any atom is -0.508 e. The molecule has 1 fully saturated rings. The lowest BCUT2D eigenvalue weighted by Gasteiger charge is -2.20. The van der Waals surface area contributed by atoms with Gasteiger partial charge in [0.15, 0.2) is 0 Å². The molecule has 0 heterocycles. The lowest BCUT2D eigenvalue weighted by atomic mass is 10.2. The summed E-state index contributed by atoms with van der Waals surface area (Å²) in [4.78, 5) is 13.4. The third-order valence-corrected chi connectivity index (χ3v) is 2.76. The molecule has 80 valence electrons. The number of carbonyl (C=O) groups is 1. The molecule has 1 aliphatic rings. The number of rotatable bonds is 2. The smallest absolute Gasteiger partial charge is 0.246 e. The fourth-order valence-corrected chi connectivity index (χ4v) is 1.48. The van der Waals surface area contributed by atoms with Crippen LogP contribution < -0.4 is 10.6 Å². The largest absolute Gasteiger partial charge is 0.508 e. The Morgan fingerprint density at radius 3 is 2.40 bits per heavy atom. The highest BCUT2D eigenvalue weighted by atomic mass is 16.3. The minimum absolute atomic E-state index is 0.0619. The number of aromatic hydroxyl groups is 1. The van der Waals surface area contributed by atoms with E-state index in [2.05, 4.69) is 0 Å². The number of likely N-dealkylation sites (N-methyl/N-ethyl adjacent to an activating group) is 1. The summed E-state index contributed by atoms with van der Waals surface area (Å²) in [6.45, 7) is 0. The Hall–Kier alpha value is -1.55. The molecule has 0 bridgehead atoms. The summed E-state index contributed by atoms with van der Waals surface area (Å²) in [7, 11) is 1.70. The second-order valence-corrected chi connectivity index (χ2v) is 4.04. The number of phenolic OH excluding ortho intramolecular Hbond substituents is 1. The fraction of sp³-hybridized carbons (Fsp3) is 0.364. The SMILES string of the molecule is CN(C(=O)C1(N)CC1)c1ccc(O)cc1. The topological polar surface area (TPSA) is 66.6 Å². The lowest BCUT2D eigenvalue weighted by molar-refractivity contribution is -0.120. The van der Waals surface area contributed by atoms with Gasteiger partial charge in [-0.15, -0.1) is 0 Å². The molecular formula is C11H14N2O2. The number of hydrogen-bond donors (Lipinski definition) is 2. The van der Waals surface area contributed by atoms with Gasteiger partial charge in [0, 0.05) is 12.7 Å². The number of nitrogens with zero attached hydrogens (tertiary/aromatic N) is 1. The van der Waals surface area contributed by atoms with Crippen molar-refractivity contribution in [1.82, 2.24) is 0 Å². The van der Waals surface area contributed by atoms with E-state index in [1.807, 2.05) is 0 Å². The van der Waals surface area contributed by atoms with Crippen LogP contribution in [0.5, 0.6) is 5.75 Å². The minimum atomic E-state index is -0.646. The zero-order valence-corrected chi connectivity index (χ0v) is 8.60. The van der Waals surface area contributed by atoms with E-state index < -0.39 is 5.54 Å². The first-order valence-corrected chi connectivity index (χ1v) is 4.89. The zero-order valence-electron chi connectivity index (χ0n) is 8.60. The Kier molecular flexibility index (Phi) is 2.16. The van der Waals surface area contributed by atoms with E-state index in [1.54, 1.807) is 31.3 Å². The Morgan fingerprint density at radius 2 is 1.93 bits per heavy atom. The van der Waals surface area contributed by atoms with Crippen LogP contribution in [0.2, 0.25) is 0 Å². The van der Waals surface area contributed by atoms with Crippen LogP contribution in [0.25, 0.3) is 0 Å². The van der Waals surface area contributed by atoms with E-state index in [-0.39, 0.29) is 11.7 Å². The van der Waals surface area contributed by atoms with Crippen LogP contribution in [-0.2, 0) is 4.79 Å². The number of amides is 1. The molecule has 0 unspecified atom stereocenters. The van der Waals surface area contributed by atoms with Crippen molar-refractivity contribution in [3.63, 3.8) is 0 Å². The van der Waals surface area contributed by atoms with Crippen molar-refractivity contribution in [3.05, 3.63) is 24.3 Å². The van der Waals surface area contributed by atoms with Crippen molar-refractivity contribution < 1.29 is 9.90 Å². The van der Waals surface area contributed by atoms with E-state index in [0.717, 1.165) is 18.5 Å². The van der Waals surface area contributed by atoms with Crippen LogP contribution in [0.3, 0.4) is 0 Å². The molecule has 0 aromatic heterocycles. The molecule has 4 nitrogen and oxygen atoms in total. The molecule has 0 saturated heterocycles. The van der Waals surface area contributed by atoms with Gasteiger partial charge in [0.1, 0.15) is 5.75 Å². The standard InChI is InChI=1S/C11H14N2O2/c1-13(10(15)11(12)6-7-11)8-2-4-9(14)5-3-8/h2-5,14H,6-7,12H2,1H3. The first kappa shape index (κ1) is 9.98. The lowest BCUT2D eigenvalue weighted by Crippen LogP contribution is -2.43. The maximum absolute atomic E-state index is 11.9. The highest BCUT2D eigenvalue weighted by Gasteiger charge is 2.47. The molecule has 1 aromatic carbocycles. The molecule has 3 N–H and O–H groups in total. The molecule has 0 aliphatic heterocycles. The average Bonchev–Trinajstić information content (AvgIpc) is 2.97.